The van der Waals surface area contributed by atoms with Crippen LogP contribution in [0.3, 0.4) is 0 Å². The molecular formula is C20H20N4O2. The van der Waals surface area contributed by atoms with Crippen LogP contribution < -0.4 is 0 Å². The molecular weight excluding hydrogens is 328 g/mol. The molecule has 3 heterocycles. The van der Waals surface area contributed by atoms with Gasteiger partial charge in [-0.3, -0.25) is 9.78 Å². The first-order chi connectivity index (χ1) is 12.6. The molecule has 0 saturated heterocycles. The first kappa shape index (κ1) is 16.5. The monoisotopic (exact) mass is 348 g/mol. The highest BCUT2D eigenvalue weighted by Gasteiger charge is 2.27. The molecule has 0 unspecified atom stereocenters. The third-order valence-corrected chi connectivity index (χ3v) is 4.70. The zero-order valence-corrected chi connectivity index (χ0v) is 15.1. The number of aryl methyl sites for hydroxylation is 1. The van der Waals surface area contributed by atoms with E-state index in [1.807, 2.05) is 19.2 Å². The van der Waals surface area contributed by atoms with Crippen molar-refractivity contribution in [3.63, 3.8) is 0 Å². The van der Waals surface area contributed by atoms with E-state index in [2.05, 4.69) is 34.3 Å². The topological polar surface area (TPSA) is 60.3 Å². The van der Waals surface area contributed by atoms with Crippen LogP contribution in [0.5, 0.6) is 0 Å². The number of hydrogen-bond acceptors (Lipinski definition) is 4. The molecule has 6 heteroatoms. The summed E-state index contributed by atoms with van der Waals surface area (Å²) in [6, 6.07) is 10.3. The van der Waals surface area contributed by atoms with Gasteiger partial charge in [0.2, 0.25) is 0 Å². The quantitative estimate of drug-likeness (QED) is 0.730. The molecule has 0 N–H and O–H groups in total. The van der Waals surface area contributed by atoms with Crippen molar-refractivity contribution in [1.29, 1.82) is 0 Å². The minimum atomic E-state index is -0.0786. The van der Waals surface area contributed by atoms with Crippen LogP contribution in [0, 0.1) is 6.92 Å². The van der Waals surface area contributed by atoms with E-state index in [-0.39, 0.29) is 5.91 Å². The zero-order chi connectivity index (χ0) is 18.3. The minimum absolute atomic E-state index is 0.0786. The smallest absolute Gasteiger partial charge is 0.275 e. The molecule has 26 heavy (non-hydrogen) atoms. The van der Waals surface area contributed by atoms with Crippen molar-refractivity contribution in [2.75, 3.05) is 14.2 Å². The van der Waals surface area contributed by atoms with Gasteiger partial charge in [0.15, 0.2) is 5.69 Å². The highest BCUT2D eigenvalue weighted by Crippen LogP contribution is 2.35. The van der Waals surface area contributed by atoms with Crippen LogP contribution in [0.4, 0.5) is 0 Å². The van der Waals surface area contributed by atoms with Gasteiger partial charge < -0.3 is 9.64 Å². The Bertz CT molecular complexity index is 993. The van der Waals surface area contributed by atoms with E-state index in [4.69, 9.17) is 4.74 Å². The van der Waals surface area contributed by atoms with E-state index in [9.17, 15) is 4.79 Å². The Balaban J connectivity index is 1.91. The number of carbonyl (C=O) groups is 1. The molecule has 0 fully saturated rings. The van der Waals surface area contributed by atoms with Gasteiger partial charge in [-0.25, -0.2) is 4.68 Å². The van der Waals surface area contributed by atoms with E-state index in [1.165, 1.54) is 0 Å². The van der Waals surface area contributed by atoms with Crippen molar-refractivity contribution in [2.45, 2.75) is 20.2 Å². The molecule has 1 aliphatic heterocycles. The molecule has 6 nitrogen and oxygen atoms in total. The van der Waals surface area contributed by atoms with Gasteiger partial charge in [0, 0.05) is 49.9 Å². The van der Waals surface area contributed by atoms with Gasteiger partial charge in [-0.15, -0.1) is 0 Å². The second-order valence-electron chi connectivity index (χ2n) is 6.52. The fourth-order valence-electron chi connectivity index (χ4n) is 3.40. The van der Waals surface area contributed by atoms with Gasteiger partial charge in [0.05, 0.1) is 0 Å². The third kappa shape index (κ3) is 2.68. The Hall–Kier alpha value is -2.99. The number of pyridine rings is 1. The maximum atomic E-state index is 12.7. The maximum absolute atomic E-state index is 12.7. The number of ether oxygens (including phenoxy) is 1. The summed E-state index contributed by atoms with van der Waals surface area (Å²) in [4.78, 5) is 18.8. The van der Waals surface area contributed by atoms with Crippen molar-refractivity contribution < 1.29 is 9.53 Å². The summed E-state index contributed by atoms with van der Waals surface area (Å²) in [6.07, 6.45) is 3.68. The number of rotatable bonds is 3. The number of methoxy groups -OCH3 is 1. The first-order valence-electron chi connectivity index (χ1n) is 8.45. The lowest BCUT2D eigenvalue weighted by atomic mass is 9.95. The van der Waals surface area contributed by atoms with E-state index in [0.717, 1.165) is 33.5 Å². The molecule has 1 aromatic carbocycles. The lowest BCUT2D eigenvalue weighted by Crippen LogP contribution is -2.25. The predicted octanol–water partition coefficient (Wildman–Crippen LogP) is 3.11. The summed E-state index contributed by atoms with van der Waals surface area (Å²) in [6.45, 7) is 2.86. The standard InChI is InChI=1S/C20H20N4O2/c1-13-16(5-4-8-21-13)14-6-7-15-10-23(2)20(25)19-18(17(15)9-14)11-24(22-19)12-26-3/h4-9,11H,10,12H2,1-3H3. The SMILES string of the molecule is COCn1cc2c(n1)C(=O)N(C)Cc1ccc(-c3cccnc3C)cc1-2. The first-order valence-corrected chi connectivity index (χ1v) is 8.45. The molecule has 2 aromatic heterocycles. The van der Waals surface area contributed by atoms with Gasteiger partial charge in [0.25, 0.3) is 5.91 Å². The molecule has 3 aromatic rings. The summed E-state index contributed by atoms with van der Waals surface area (Å²) < 4.78 is 6.82. The molecule has 4 rings (SSSR count). The summed E-state index contributed by atoms with van der Waals surface area (Å²) in [5.41, 5.74) is 6.58. The molecule has 0 saturated carbocycles. The lowest BCUT2D eigenvalue weighted by molar-refractivity contribution is 0.0776. The number of aromatic nitrogens is 3. The average molecular weight is 348 g/mol. The van der Waals surface area contributed by atoms with E-state index in [0.29, 0.717) is 19.0 Å². The average Bonchev–Trinajstić information content (AvgIpc) is 3.02. The Morgan fingerprint density at radius 2 is 2.04 bits per heavy atom. The van der Waals surface area contributed by atoms with Gasteiger partial charge in [-0.2, -0.15) is 5.10 Å². The van der Waals surface area contributed by atoms with Crippen LogP contribution in [0.15, 0.2) is 42.7 Å². The molecule has 0 aliphatic carbocycles. The number of amides is 1. The molecule has 1 aliphatic rings. The largest absolute Gasteiger partial charge is 0.362 e. The van der Waals surface area contributed by atoms with Gasteiger partial charge in [-0.1, -0.05) is 18.2 Å². The Labute approximate surface area is 152 Å². The van der Waals surface area contributed by atoms with Crippen LogP contribution in [0.25, 0.3) is 22.3 Å². The van der Waals surface area contributed by atoms with Crippen LogP contribution >= 0.6 is 0 Å². The minimum Gasteiger partial charge on any atom is -0.362 e. The van der Waals surface area contributed by atoms with Gasteiger partial charge >= 0.3 is 0 Å². The number of benzene rings is 1. The van der Waals surface area contributed by atoms with E-state index < -0.39 is 0 Å². The van der Waals surface area contributed by atoms with E-state index >= 15 is 0 Å². The number of nitrogens with zero attached hydrogens (tertiary/aromatic N) is 4. The van der Waals surface area contributed by atoms with Crippen molar-refractivity contribution in [1.82, 2.24) is 19.7 Å². The molecule has 0 atom stereocenters. The molecule has 132 valence electrons. The van der Waals surface area contributed by atoms with Crippen LogP contribution in [-0.2, 0) is 18.0 Å². The fourth-order valence-corrected chi connectivity index (χ4v) is 3.40. The lowest BCUT2D eigenvalue weighted by Gasteiger charge is -2.15. The highest BCUT2D eigenvalue weighted by atomic mass is 16.5. The van der Waals surface area contributed by atoms with Gasteiger partial charge in [0.1, 0.15) is 6.73 Å². The molecule has 1 amide bonds. The summed E-state index contributed by atoms with van der Waals surface area (Å²) in [7, 11) is 3.41. The summed E-state index contributed by atoms with van der Waals surface area (Å²) in [5.74, 6) is -0.0786. The Kier molecular flexibility index (Phi) is 4.05. The second kappa shape index (κ2) is 6.38. The van der Waals surface area contributed by atoms with Crippen LogP contribution in [0.1, 0.15) is 21.7 Å². The number of fused-ring (bicyclic) bond motifs is 3. The Morgan fingerprint density at radius 1 is 1.19 bits per heavy atom. The Morgan fingerprint density at radius 3 is 2.81 bits per heavy atom. The predicted molar refractivity (Wildman–Crippen MR) is 98.4 cm³/mol. The van der Waals surface area contributed by atoms with E-state index in [1.54, 1.807) is 29.9 Å². The molecule has 0 spiro atoms. The van der Waals surface area contributed by atoms with Crippen molar-refractivity contribution in [2.24, 2.45) is 0 Å². The van der Waals surface area contributed by atoms with Crippen molar-refractivity contribution in [3.8, 4) is 22.3 Å². The third-order valence-electron chi connectivity index (χ3n) is 4.70. The van der Waals surface area contributed by atoms with Crippen LogP contribution in [-0.4, -0.2) is 39.7 Å². The zero-order valence-electron chi connectivity index (χ0n) is 15.1. The normalized spacial score (nSPS) is 13.3. The summed E-state index contributed by atoms with van der Waals surface area (Å²) >= 11 is 0. The number of hydrogen-bond donors (Lipinski definition) is 0. The molecule has 0 radical (unpaired) electrons. The van der Waals surface area contributed by atoms with Crippen molar-refractivity contribution in [3.05, 3.63) is 59.7 Å². The van der Waals surface area contributed by atoms with Crippen molar-refractivity contribution >= 4 is 5.91 Å². The number of carbonyl (C=O) groups excluding carboxylic acids is 1. The second-order valence-corrected chi connectivity index (χ2v) is 6.52. The van der Waals surface area contributed by atoms with Gasteiger partial charge in [-0.05, 0) is 35.7 Å². The fraction of sp³-hybridized carbons (Fsp3) is 0.250. The maximum Gasteiger partial charge on any atom is 0.275 e. The highest BCUT2D eigenvalue weighted by molar-refractivity contribution is 6.00. The molecule has 0 bridgehead atoms. The van der Waals surface area contributed by atoms with Crippen LogP contribution in [0.2, 0.25) is 0 Å². The summed E-state index contributed by atoms with van der Waals surface area (Å²) in [5, 5.41) is 4.44.